The van der Waals surface area contributed by atoms with Crippen molar-refractivity contribution >= 4 is 5.91 Å². The summed E-state index contributed by atoms with van der Waals surface area (Å²) in [7, 11) is 3.42. The van der Waals surface area contributed by atoms with Gasteiger partial charge in [0, 0.05) is 33.7 Å². The van der Waals surface area contributed by atoms with Gasteiger partial charge in [0.1, 0.15) is 0 Å². The normalized spacial score (nSPS) is 22.6. The number of ether oxygens (including phenoxy) is 1. The number of aliphatic hydroxyl groups is 1. The van der Waals surface area contributed by atoms with Crippen molar-refractivity contribution < 1.29 is 19.2 Å². The van der Waals surface area contributed by atoms with Gasteiger partial charge in [-0.2, -0.15) is 4.98 Å². The highest BCUT2D eigenvalue weighted by atomic mass is 16.5. The molecule has 1 aromatic heterocycles. The lowest BCUT2D eigenvalue weighted by Crippen LogP contribution is -2.58. The summed E-state index contributed by atoms with van der Waals surface area (Å²) in [6.45, 7) is 4.03. The number of methoxy groups -OCH3 is 1. The second-order valence-corrected chi connectivity index (χ2v) is 5.82. The van der Waals surface area contributed by atoms with Gasteiger partial charge in [0.2, 0.25) is 5.89 Å². The van der Waals surface area contributed by atoms with Gasteiger partial charge >= 0.3 is 0 Å². The maximum Gasteiger partial charge on any atom is 0.255 e. The average Bonchev–Trinajstić information content (AvgIpc) is 2.85. The van der Waals surface area contributed by atoms with Crippen LogP contribution >= 0.6 is 0 Å². The van der Waals surface area contributed by atoms with Crippen molar-refractivity contribution in [2.75, 3.05) is 40.4 Å². The quantitative estimate of drug-likeness (QED) is 0.746. The van der Waals surface area contributed by atoms with Crippen molar-refractivity contribution in [1.82, 2.24) is 19.9 Å². The van der Waals surface area contributed by atoms with E-state index >= 15 is 0 Å². The second-order valence-electron chi connectivity index (χ2n) is 5.82. The molecule has 1 atom stereocenters. The molecule has 8 nitrogen and oxygen atoms in total. The third-order valence-electron chi connectivity index (χ3n) is 3.78. The molecule has 1 aromatic rings. The van der Waals surface area contributed by atoms with Gasteiger partial charge in [0.15, 0.2) is 11.4 Å². The van der Waals surface area contributed by atoms with Crippen LogP contribution in [0.15, 0.2) is 4.52 Å². The fraction of sp³-hybridized carbons (Fsp3) is 0.786. The van der Waals surface area contributed by atoms with Crippen molar-refractivity contribution in [3.05, 3.63) is 11.7 Å². The van der Waals surface area contributed by atoms with E-state index in [-0.39, 0.29) is 12.5 Å². The van der Waals surface area contributed by atoms with E-state index in [1.165, 1.54) is 0 Å². The van der Waals surface area contributed by atoms with Crippen LogP contribution in [0.1, 0.15) is 24.6 Å². The van der Waals surface area contributed by atoms with Crippen LogP contribution < -0.4 is 0 Å². The molecular weight excluding hydrogens is 288 g/mol. The molecule has 0 aliphatic carbocycles. The molecule has 8 heteroatoms. The highest BCUT2D eigenvalue weighted by Gasteiger charge is 2.42. The lowest BCUT2D eigenvalue weighted by molar-refractivity contribution is -0.160. The molecule has 1 amide bonds. The summed E-state index contributed by atoms with van der Waals surface area (Å²) >= 11 is 0. The molecule has 22 heavy (non-hydrogen) atoms. The van der Waals surface area contributed by atoms with Crippen LogP contribution in [0.5, 0.6) is 0 Å². The van der Waals surface area contributed by atoms with Gasteiger partial charge in [-0.3, -0.25) is 9.69 Å². The molecule has 2 heterocycles. The van der Waals surface area contributed by atoms with Crippen molar-refractivity contribution in [2.45, 2.75) is 31.9 Å². The van der Waals surface area contributed by atoms with Gasteiger partial charge in [0.05, 0.1) is 13.2 Å². The second kappa shape index (κ2) is 7.17. The molecule has 0 bridgehead atoms. The summed E-state index contributed by atoms with van der Waals surface area (Å²) in [5.41, 5.74) is -1.36. The van der Waals surface area contributed by atoms with Crippen molar-refractivity contribution in [3.63, 3.8) is 0 Å². The minimum Gasteiger partial charge on any atom is -0.383 e. The van der Waals surface area contributed by atoms with Crippen LogP contribution in [0.3, 0.4) is 0 Å². The van der Waals surface area contributed by atoms with Crippen LogP contribution in [0.25, 0.3) is 0 Å². The Balaban J connectivity index is 1.95. The maximum atomic E-state index is 12.5. The van der Waals surface area contributed by atoms with E-state index in [9.17, 15) is 9.90 Å². The average molecular weight is 312 g/mol. The van der Waals surface area contributed by atoms with Gasteiger partial charge in [-0.25, -0.2) is 0 Å². The molecule has 1 N–H and O–H groups in total. The Morgan fingerprint density at radius 1 is 1.55 bits per heavy atom. The molecule has 1 aliphatic heterocycles. The molecule has 1 aliphatic rings. The molecule has 124 valence electrons. The molecule has 1 fully saturated rings. The number of nitrogens with zero attached hydrogens (tertiary/aromatic N) is 4. The molecule has 0 saturated carbocycles. The first-order valence-corrected chi connectivity index (χ1v) is 7.43. The monoisotopic (exact) mass is 312 g/mol. The molecule has 0 spiro atoms. The number of aromatic nitrogens is 2. The third-order valence-corrected chi connectivity index (χ3v) is 3.78. The van der Waals surface area contributed by atoms with E-state index in [0.717, 1.165) is 6.42 Å². The van der Waals surface area contributed by atoms with E-state index in [0.29, 0.717) is 44.4 Å². The number of aryl methyl sites for hydroxylation is 1. The predicted molar refractivity (Wildman–Crippen MR) is 78.0 cm³/mol. The summed E-state index contributed by atoms with van der Waals surface area (Å²) in [5.74, 6) is 0.816. The summed E-state index contributed by atoms with van der Waals surface area (Å²) < 4.78 is 9.93. The van der Waals surface area contributed by atoms with Gasteiger partial charge in [-0.15, -0.1) is 0 Å². The van der Waals surface area contributed by atoms with Gasteiger partial charge in [-0.1, -0.05) is 5.16 Å². The van der Waals surface area contributed by atoms with E-state index in [2.05, 4.69) is 10.1 Å². The van der Waals surface area contributed by atoms with Crippen LogP contribution in [0.4, 0.5) is 0 Å². The van der Waals surface area contributed by atoms with Gasteiger partial charge in [-0.05, 0) is 19.9 Å². The first-order chi connectivity index (χ1) is 10.4. The summed E-state index contributed by atoms with van der Waals surface area (Å²) in [5, 5.41) is 14.5. The fourth-order valence-electron chi connectivity index (χ4n) is 2.78. The molecule has 0 radical (unpaired) electrons. The SMILES string of the molecule is COCCN1CCC[C@](O)(CN(C)Cc2noc(C)n2)C1=O. The Kier molecular flexibility index (Phi) is 5.49. The van der Waals surface area contributed by atoms with Crippen molar-refractivity contribution in [2.24, 2.45) is 0 Å². The molecule has 2 rings (SSSR count). The number of piperidine rings is 1. The number of carbonyl (C=O) groups excluding carboxylic acids is 1. The topological polar surface area (TPSA) is 91.9 Å². The van der Waals surface area contributed by atoms with Crippen molar-refractivity contribution in [1.29, 1.82) is 0 Å². The van der Waals surface area contributed by atoms with Crippen LogP contribution in [0.2, 0.25) is 0 Å². The Morgan fingerprint density at radius 2 is 2.32 bits per heavy atom. The predicted octanol–water partition coefficient (Wildman–Crippen LogP) is -0.190. The zero-order valence-electron chi connectivity index (χ0n) is 13.4. The Labute approximate surface area is 130 Å². The molecule has 0 unspecified atom stereocenters. The minimum atomic E-state index is -1.36. The van der Waals surface area contributed by atoms with E-state index < -0.39 is 5.60 Å². The Hall–Kier alpha value is -1.51. The van der Waals surface area contributed by atoms with E-state index in [4.69, 9.17) is 9.26 Å². The lowest BCUT2D eigenvalue weighted by Gasteiger charge is -2.39. The number of likely N-dealkylation sites (tertiary alicyclic amines) is 1. The highest BCUT2D eigenvalue weighted by molar-refractivity contribution is 5.86. The number of carbonyl (C=O) groups is 1. The molecule has 0 aromatic carbocycles. The zero-order valence-corrected chi connectivity index (χ0v) is 13.4. The maximum absolute atomic E-state index is 12.5. The largest absolute Gasteiger partial charge is 0.383 e. The number of amides is 1. The first-order valence-electron chi connectivity index (χ1n) is 7.43. The summed E-state index contributed by atoms with van der Waals surface area (Å²) in [4.78, 5) is 20.1. The summed E-state index contributed by atoms with van der Waals surface area (Å²) in [6.07, 6.45) is 1.24. The highest BCUT2D eigenvalue weighted by Crippen LogP contribution is 2.24. The third kappa shape index (κ3) is 4.02. The Bertz CT molecular complexity index is 507. The molecule has 1 saturated heterocycles. The standard InChI is InChI=1S/C14H24N4O4/c1-11-15-12(16-22-11)9-17(2)10-14(20)5-4-6-18(13(14)19)7-8-21-3/h20H,4-10H2,1-3H3/t14-/m0/s1. The fourth-order valence-corrected chi connectivity index (χ4v) is 2.78. The first kappa shape index (κ1) is 16.9. The van der Waals surface area contributed by atoms with Crippen molar-refractivity contribution in [3.8, 4) is 0 Å². The van der Waals surface area contributed by atoms with Gasteiger partial charge in [0.25, 0.3) is 5.91 Å². The van der Waals surface area contributed by atoms with Crippen LogP contribution in [0, 0.1) is 6.92 Å². The van der Waals surface area contributed by atoms with E-state index in [1.54, 1.807) is 18.9 Å². The number of hydrogen-bond acceptors (Lipinski definition) is 7. The zero-order chi connectivity index (χ0) is 16.2. The van der Waals surface area contributed by atoms with Gasteiger partial charge < -0.3 is 19.3 Å². The minimum absolute atomic E-state index is 0.230. The number of rotatable bonds is 7. The number of hydrogen-bond donors (Lipinski definition) is 1. The smallest absolute Gasteiger partial charge is 0.255 e. The molecular formula is C14H24N4O4. The summed E-state index contributed by atoms with van der Waals surface area (Å²) in [6, 6.07) is 0. The van der Waals surface area contributed by atoms with Crippen LogP contribution in [-0.4, -0.2) is 77.0 Å². The lowest BCUT2D eigenvalue weighted by atomic mass is 9.91. The number of likely N-dealkylation sites (N-methyl/N-ethyl adjacent to an activating group) is 1. The van der Waals surface area contributed by atoms with E-state index in [1.807, 2.05) is 11.9 Å². The van der Waals surface area contributed by atoms with Crippen LogP contribution in [-0.2, 0) is 16.1 Å². The Morgan fingerprint density at radius 3 is 2.95 bits per heavy atom.